The van der Waals surface area contributed by atoms with E-state index in [2.05, 4.69) is 15.3 Å². The molecule has 0 unspecified atom stereocenters. The van der Waals surface area contributed by atoms with Crippen molar-refractivity contribution < 1.29 is 12.8 Å². The van der Waals surface area contributed by atoms with Gasteiger partial charge in [-0.1, -0.05) is 6.07 Å². The van der Waals surface area contributed by atoms with Gasteiger partial charge in [0, 0.05) is 48.2 Å². The Balaban J connectivity index is 1.65. The smallest absolute Gasteiger partial charge is 0.213 e. The number of hydrogen-bond donors (Lipinski definition) is 1. The Labute approximate surface area is 163 Å². The maximum Gasteiger partial charge on any atom is 0.213 e. The third-order valence-corrected chi connectivity index (χ3v) is 6.35. The van der Waals surface area contributed by atoms with E-state index in [0.29, 0.717) is 18.8 Å². The summed E-state index contributed by atoms with van der Waals surface area (Å²) in [6, 6.07) is 10.7. The van der Waals surface area contributed by atoms with E-state index in [-0.39, 0.29) is 6.04 Å². The standard InChI is InChI=1S/C20H21FN4O2S/c1-28(26,27)25-9-6-16(7-10-25)23-19-12-15(18-3-2-4-20(21)24-18)11-14-5-8-22-13-17(14)19/h2-5,8,11-13,16,23H,6-7,9-10H2,1H3. The van der Waals surface area contributed by atoms with Gasteiger partial charge >= 0.3 is 0 Å². The predicted molar refractivity (Wildman–Crippen MR) is 108 cm³/mol. The van der Waals surface area contributed by atoms with E-state index in [4.69, 9.17) is 0 Å². The molecule has 0 bridgehead atoms. The monoisotopic (exact) mass is 400 g/mol. The largest absolute Gasteiger partial charge is 0.382 e. The van der Waals surface area contributed by atoms with Crippen LogP contribution in [0.25, 0.3) is 22.0 Å². The molecule has 1 aliphatic rings. The van der Waals surface area contributed by atoms with Gasteiger partial charge < -0.3 is 5.32 Å². The lowest BCUT2D eigenvalue weighted by Crippen LogP contribution is -2.41. The molecule has 1 N–H and O–H groups in total. The molecule has 2 aromatic heterocycles. The van der Waals surface area contributed by atoms with Crippen LogP contribution in [0.15, 0.2) is 48.8 Å². The van der Waals surface area contributed by atoms with Crippen molar-refractivity contribution in [3.05, 3.63) is 54.7 Å². The molecule has 1 aromatic carbocycles. The van der Waals surface area contributed by atoms with Crippen molar-refractivity contribution in [1.82, 2.24) is 14.3 Å². The minimum absolute atomic E-state index is 0.150. The highest BCUT2D eigenvalue weighted by atomic mass is 32.2. The van der Waals surface area contributed by atoms with Gasteiger partial charge in [0.2, 0.25) is 16.0 Å². The van der Waals surface area contributed by atoms with Gasteiger partial charge in [-0.3, -0.25) is 4.98 Å². The fourth-order valence-electron chi connectivity index (χ4n) is 3.59. The maximum absolute atomic E-state index is 13.6. The Morgan fingerprint density at radius 2 is 1.96 bits per heavy atom. The molecular formula is C20H21FN4O2S. The van der Waals surface area contributed by atoms with E-state index in [1.807, 2.05) is 18.2 Å². The second-order valence-corrected chi connectivity index (χ2v) is 9.03. The number of anilines is 1. The lowest BCUT2D eigenvalue weighted by atomic mass is 10.0. The molecule has 6 nitrogen and oxygen atoms in total. The minimum atomic E-state index is -3.15. The van der Waals surface area contributed by atoms with Crippen molar-refractivity contribution in [3.8, 4) is 11.3 Å². The molecule has 28 heavy (non-hydrogen) atoms. The van der Waals surface area contributed by atoms with Crippen LogP contribution in [0.1, 0.15) is 12.8 Å². The maximum atomic E-state index is 13.6. The molecule has 1 fully saturated rings. The minimum Gasteiger partial charge on any atom is -0.382 e. The van der Waals surface area contributed by atoms with Crippen LogP contribution in [-0.2, 0) is 10.0 Å². The first-order valence-electron chi connectivity index (χ1n) is 9.12. The topological polar surface area (TPSA) is 75.2 Å². The summed E-state index contributed by atoms with van der Waals surface area (Å²) in [5, 5.41) is 5.48. The van der Waals surface area contributed by atoms with Crippen LogP contribution in [-0.4, -0.2) is 48.1 Å². The zero-order chi connectivity index (χ0) is 19.7. The van der Waals surface area contributed by atoms with Crippen molar-refractivity contribution in [2.24, 2.45) is 0 Å². The molecule has 146 valence electrons. The van der Waals surface area contributed by atoms with Crippen LogP contribution in [0.3, 0.4) is 0 Å². The molecule has 1 saturated heterocycles. The summed E-state index contributed by atoms with van der Waals surface area (Å²) in [6.45, 7) is 0.996. The Bertz CT molecular complexity index is 1110. The Morgan fingerprint density at radius 1 is 1.18 bits per heavy atom. The summed E-state index contributed by atoms with van der Waals surface area (Å²) in [4.78, 5) is 8.22. The molecule has 3 aromatic rings. The zero-order valence-electron chi connectivity index (χ0n) is 15.5. The molecule has 0 atom stereocenters. The van der Waals surface area contributed by atoms with Crippen LogP contribution in [0, 0.1) is 5.95 Å². The van der Waals surface area contributed by atoms with Crippen LogP contribution >= 0.6 is 0 Å². The molecule has 4 rings (SSSR count). The SMILES string of the molecule is CS(=O)(=O)N1CCC(Nc2cc(-c3cccc(F)n3)cc3ccncc23)CC1. The van der Waals surface area contributed by atoms with Crippen LogP contribution in [0.4, 0.5) is 10.1 Å². The highest BCUT2D eigenvalue weighted by Crippen LogP contribution is 2.31. The van der Waals surface area contributed by atoms with Crippen LogP contribution in [0.5, 0.6) is 0 Å². The highest BCUT2D eigenvalue weighted by Gasteiger charge is 2.25. The van der Waals surface area contributed by atoms with Crippen LogP contribution < -0.4 is 5.32 Å². The third-order valence-electron chi connectivity index (χ3n) is 5.05. The molecular weight excluding hydrogens is 379 g/mol. The number of fused-ring (bicyclic) bond motifs is 1. The average Bonchev–Trinajstić information content (AvgIpc) is 2.67. The van der Waals surface area contributed by atoms with E-state index in [9.17, 15) is 12.8 Å². The van der Waals surface area contributed by atoms with E-state index in [0.717, 1.165) is 34.9 Å². The molecule has 1 aliphatic heterocycles. The average molecular weight is 400 g/mol. The van der Waals surface area contributed by atoms with Crippen molar-refractivity contribution in [1.29, 1.82) is 0 Å². The van der Waals surface area contributed by atoms with Gasteiger partial charge in [-0.05, 0) is 48.6 Å². The molecule has 3 heterocycles. The summed E-state index contributed by atoms with van der Waals surface area (Å²) in [6.07, 6.45) is 6.20. The van der Waals surface area contributed by atoms with E-state index in [1.165, 1.54) is 16.6 Å². The van der Waals surface area contributed by atoms with E-state index in [1.54, 1.807) is 24.5 Å². The zero-order valence-corrected chi connectivity index (χ0v) is 16.3. The van der Waals surface area contributed by atoms with Gasteiger partial charge in [-0.15, -0.1) is 0 Å². The summed E-state index contributed by atoms with van der Waals surface area (Å²) in [7, 11) is -3.15. The van der Waals surface area contributed by atoms with Crippen molar-refractivity contribution in [3.63, 3.8) is 0 Å². The van der Waals surface area contributed by atoms with E-state index >= 15 is 0 Å². The molecule has 8 heteroatoms. The van der Waals surface area contributed by atoms with Crippen molar-refractivity contribution in [2.45, 2.75) is 18.9 Å². The number of sulfonamides is 1. The number of halogens is 1. The van der Waals surface area contributed by atoms with Gasteiger partial charge in [-0.2, -0.15) is 4.39 Å². The van der Waals surface area contributed by atoms with Gasteiger partial charge in [0.05, 0.1) is 11.9 Å². The van der Waals surface area contributed by atoms with Crippen LogP contribution in [0.2, 0.25) is 0 Å². The quantitative estimate of drug-likeness (QED) is 0.681. The predicted octanol–water partition coefficient (Wildman–Crippen LogP) is 3.27. The summed E-state index contributed by atoms with van der Waals surface area (Å²) < 4.78 is 38.5. The normalized spacial score (nSPS) is 16.4. The van der Waals surface area contributed by atoms with Gasteiger partial charge in [0.1, 0.15) is 0 Å². The number of benzene rings is 1. The number of pyridine rings is 2. The lowest BCUT2D eigenvalue weighted by molar-refractivity contribution is 0.332. The summed E-state index contributed by atoms with van der Waals surface area (Å²) in [5.74, 6) is -0.519. The fraction of sp³-hybridized carbons (Fsp3) is 0.300. The van der Waals surface area contributed by atoms with Gasteiger partial charge in [-0.25, -0.2) is 17.7 Å². The Morgan fingerprint density at radius 3 is 2.68 bits per heavy atom. The second kappa shape index (κ2) is 7.44. The first-order chi connectivity index (χ1) is 13.4. The lowest BCUT2D eigenvalue weighted by Gasteiger charge is -2.31. The number of aromatic nitrogens is 2. The molecule has 0 radical (unpaired) electrons. The summed E-state index contributed by atoms with van der Waals surface area (Å²) in [5.41, 5.74) is 2.27. The number of nitrogens with one attached hydrogen (secondary N) is 1. The second-order valence-electron chi connectivity index (χ2n) is 7.05. The van der Waals surface area contributed by atoms with Crippen molar-refractivity contribution in [2.75, 3.05) is 24.7 Å². The molecule has 0 aliphatic carbocycles. The third kappa shape index (κ3) is 3.98. The molecule has 0 amide bonds. The van der Waals surface area contributed by atoms with Crippen molar-refractivity contribution >= 4 is 26.5 Å². The Kier molecular flexibility index (Phi) is 4.99. The first kappa shape index (κ1) is 18.8. The number of nitrogens with zero attached hydrogens (tertiary/aromatic N) is 3. The first-order valence-corrected chi connectivity index (χ1v) is 11.0. The number of piperidine rings is 1. The van der Waals surface area contributed by atoms with Gasteiger partial charge in [0.15, 0.2) is 0 Å². The molecule has 0 saturated carbocycles. The molecule has 0 spiro atoms. The van der Waals surface area contributed by atoms with Gasteiger partial charge in [0.25, 0.3) is 0 Å². The summed E-state index contributed by atoms with van der Waals surface area (Å²) >= 11 is 0. The fourth-order valence-corrected chi connectivity index (χ4v) is 4.46. The number of hydrogen-bond acceptors (Lipinski definition) is 5. The Hall–Kier alpha value is -2.58. The highest BCUT2D eigenvalue weighted by molar-refractivity contribution is 7.88. The van der Waals surface area contributed by atoms with E-state index < -0.39 is 16.0 Å². The number of rotatable bonds is 4.